The van der Waals surface area contributed by atoms with Gasteiger partial charge in [0.05, 0.1) is 19.5 Å². The largest absolute Gasteiger partial charge is 0.495 e. The average molecular weight is 303 g/mol. The monoisotopic (exact) mass is 303 g/mol. The lowest BCUT2D eigenvalue weighted by Crippen LogP contribution is -2.14. The van der Waals surface area contributed by atoms with E-state index in [0.717, 1.165) is 6.42 Å². The van der Waals surface area contributed by atoms with Crippen molar-refractivity contribution in [2.24, 2.45) is 0 Å². The van der Waals surface area contributed by atoms with Gasteiger partial charge >= 0.3 is 0 Å². The molecule has 114 valence electrons. The summed E-state index contributed by atoms with van der Waals surface area (Å²) >= 11 is 0. The minimum absolute atomic E-state index is 0.0970. The highest BCUT2D eigenvalue weighted by atomic mass is 32.2. The van der Waals surface area contributed by atoms with E-state index in [1.807, 2.05) is 0 Å². The Morgan fingerprint density at radius 1 is 1.15 bits per heavy atom. The summed E-state index contributed by atoms with van der Waals surface area (Å²) in [5, 5.41) is 0. The smallest absolute Gasteiger partial charge is 0.184 e. The number of hydrogen-bond donors (Lipinski definition) is 1. The molecule has 7 heteroatoms. The van der Waals surface area contributed by atoms with Gasteiger partial charge in [0.1, 0.15) is 10.6 Å². The lowest BCUT2D eigenvalue weighted by Gasteiger charge is -2.10. The number of hydrogen-bond acceptors (Lipinski definition) is 6. The van der Waals surface area contributed by atoms with Gasteiger partial charge in [0, 0.05) is 32.1 Å². The molecule has 20 heavy (non-hydrogen) atoms. The number of methoxy groups -OCH3 is 2. The number of benzene rings is 1. The molecule has 0 heterocycles. The zero-order valence-electron chi connectivity index (χ0n) is 11.8. The van der Waals surface area contributed by atoms with Crippen molar-refractivity contribution in [2.75, 3.05) is 45.5 Å². The molecule has 0 radical (unpaired) electrons. The first-order valence-corrected chi connectivity index (χ1v) is 7.89. The molecule has 1 aromatic carbocycles. The molecule has 0 aliphatic carbocycles. The first-order valence-electron chi connectivity index (χ1n) is 6.24. The Hall–Kier alpha value is -1.31. The molecule has 0 bridgehead atoms. The third-order valence-electron chi connectivity index (χ3n) is 2.66. The van der Waals surface area contributed by atoms with Crippen molar-refractivity contribution in [1.29, 1.82) is 0 Å². The number of nitrogen functional groups attached to an aromatic ring is 1. The maximum Gasteiger partial charge on any atom is 0.184 e. The van der Waals surface area contributed by atoms with E-state index in [1.165, 1.54) is 25.3 Å². The molecule has 0 aromatic heterocycles. The maximum atomic E-state index is 12.2. The molecule has 6 nitrogen and oxygen atoms in total. The summed E-state index contributed by atoms with van der Waals surface area (Å²) in [6, 6.07) is 4.48. The van der Waals surface area contributed by atoms with Crippen LogP contribution >= 0.6 is 0 Å². The van der Waals surface area contributed by atoms with Gasteiger partial charge in [-0.05, 0) is 18.6 Å². The molecule has 2 N–H and O–H groups in total. The highest BCUT2D eigenvalue weighted by Gasteiger charge is 2.19. The van der Waals surface area contributed by atoms with Crippen molar-refractivity contribution in [3.63, 3.8) is 0 Å². The fourth-order valence-corrected chi connectivity index (χ4v) is 2.91. The van der Waals surface area contributed by atoms with Gasteiger partial charge in [0.25, 0.3) is 0 Å². The highest BCUT2D eigenvalue weighted by Crippen LogP contribution is 2.26. The van der Waals surface area contributed by atoms with E-state index >= 15 is 0 Å². The van der Waals surface area contributed by atoms with E-state index in [0.29, 0.717) is 18.9 Å². The van der Waals surface area contributed by atoms with E-state index in [1.54, 1.807) is 7.11 Å². The van der Waals surface area contributed by atoms with Crippen molar-refractivity contribution in [3.8, 4) is 5.75 Å². The molecule has 1 rings (SSSR count). The van der Waals surface area contributed by atoms with Crippen molar-refractivity contribution in [3.05, 3.63) is 18.2 Å². The lowest BCUT2D eigenvalue weighted by molar-refractivity contribution is 0.112. The van der Waals surface area contributed by atoms with E-state index in [4.69, 9.17) is 19.9 Å². The number of anilines is 1. The Labute approximate surface area is 119 Å². The van der Waals surface area contributed by atoms with Gasteiger partial charge in [-0.1, -0.05) is 0 Å². The minimum Gasteiger partial charge on any atom is -0.495 e. The number of ether oxygens (including phenoxy) is 3. The zero-order valence-corrected chi connectivity index (χ0v) is 12.6. The normalized spacial score (nSPS) is 11.5. The Bertz CT molecular complexity index is 515. The predicted molar refractivity (Wildman–Crippen MR) is 76.8 cm³/mol. The Morgan fingerprint density at radius 2 is 1.90 bits per heavy atom. The molecule has 0 saturated carbocycles. The summed E-state index contributed by atoms with van der Waals surface area (Å²) in [5.74, 6) is 0.157. The van der Waals surface area contributed by atoms with Gasteiger partial charge < -0.3 is 19.9 Å². The van der Waals surface area contributed by atoms with Crippen LogP contribution in [0.25, 0.3) is 0 Å². The van der Waals surface area contributed by atoms with Crippen molar-refractivity contribution >= 4 is 15.5 Å². The standard InChI is InChI=1S/C13H21NO5S/c1-17-6-3-7-19-8-9-20(15,16)13-5-4-11(14)10-12(13)18-2/h4-5,10H,3,6-9,14H2,1-2H3. The Kier molecular flexibility index (Phi) is 6.77. The summed E-state index contributed by atoms with van der Waals surface area (Å²) in [5.41, 5.74) is 6.06. The molecule has 0 amide bonds. The average Bonchev–Trinajstić information content (AvgIpc) is 2.42. The van der Waals surface area contributed by atoms with Crippen molar-refractivity contribution < 1.29 is 22.6 Å². The second-order valence-electron chi connectivity index (χ2n) is 4.19. The van der Waals surface area contributed by atoms with Crippen molar-refractivity contribution in [2.45, 2.75) is 11.3 Å². The predicted octanol–water partition coefficient (Wildman–Crippen LogP) is 1.10. The van der Waals surface area contributed by atoms with Crippen LogP contribution in [-0.2, 0) is 19.3 Å². The minimum atomic E-state index is -3.45. The maximum absolute atomic E-state index is 12.2. The molecule has 0 fully saturated rings. The molecule has 1 aromatic rings. The molecule has 0 saturated heterocycles. The van der Waals surface area contributed by atoms with E-state index in [2.05, 4.69) is 0 Å². The second kappa shape index (κ2) is 8.08. The van der Waals surface area contributed by atoms with Crippen LogP contribution in [0.3, 0.4) is 0 Å². The molecule has 0 atom stereocenters. The summed E-state index contributed by atoms with van der Waals surface area (Å²) in [6.45, 7) is 1.21. The molecular weight excluding hydrogens is 282 g/mol. The SMILES string of the molecule is COCCCOCCS(=O)(=O)c1ccc(N)cc1OC. The van der Waals surface area contributed by atoms with Crippen LogP contribution in [0.5, 0.6) is 5.75 Å². The summed E-state index contributed by atoms with van der Waals surface area (Å²) in [4.78, 5) is 0.134. The molecule has 0 unspecified atom stereocenters. The van der Waals surface area contributed by atoms with Crippen LogP contribution in [0.15, 0.2) is 23.1 Å². The summed E-state index contributed by atoms with van der Waals surface area (Å²) < 4.78 is 39.6. The number of nitrogens with two attached hydrogens (primary N) is 1. The van der Waals surface area contributed by atoms with Crippen LogP contribution in [0.2, 0.25) is 0 Å². The molecule has 0 spiro atoms. The van der Waals surface area contributed by atoms with Gasteiger partial charge in [-0.2, -0.15) is 0 Å². The van der Waals surface area contributed by atoms with Gasteiger partial charge in [0.15, 0.2) is 9.84 Å². The fraction of sp³-hybridized carbons (Fsp3) is 0.538. The zero-order chi connectivity index (χ0) is 15.0. The first-order chi connectivity index (χ1) is 9.51. The third-order valence-corrected chi connectivity index (χ3v) is 4.37. The fourth-order valence-electron chi connectivity index (χ4n) is 1.63. The second-order valence-corrected chi connectivity index (χ2v) is 6.27. The van der Waals surface area contributed by atoms with Crippen LogP contribution in [0.1, 0.15) is 6.42 Å². The van der Waals surface area contributed by atoms with Gasteiger partial charge in [0.2, 0.25) is 0 Å². The van der Waals surface area contributed by atoms with E-state index in [-0.39, 0.29) is 23.0 Å². The van der Waals surface area contributed by atoms with E-state index < -0.39 is 9.84 Å². The highest BCUT2D eigenvalue weighted by molar-refractivity contribution is 7.91. The first kappa shape index (κ1) is 16.7. The van der Waals surface area contributed by atoms with Gasteiger partial charge in [-0.15, -0.1) is 0 Å². The van der Waals surface area contributed by atoms with Crippen LogP contribution < -0.4 is 10.5 Å². The quantitative estimate of drug-likeness (QED) is 0.543. The Morgan fingerprint density at radius 3 is 2.55 bits per heavy atom. The molecule has 0 aliphatic heterocycles. The van der Waals surface area contributed by atoms with Gasteiger partial charge in [-0.3, -0.25) is 0 Å². The topological polar surface area (TPSA) is 87.9 Å². The Balaban J connectivity index is 2.60. The number of rotatable bonds is 9. The summed E-state index contributed by atoms with van der Waals surface area (Å²) in [7, 11) is -0.429. The van der Waals surface area contributed by atoms with Crippen LogP contribution in [0.4, 0.5) is 5.69 Å². The third kappa shape index (κ3) is 4.99. The summed E-state index contributed by atoms with van der Waals surface area (Å²) in [6.07, 6.45) is 0.738. The van der Waals surface area contributed by atoms with Crippen LogP contribution in [0, 0.1) is 0 Å². The lowest BCUT2D eigenvalue weighted by atomic mass is 10.3. The molecular formula is C13H21NO5S. The van der Waals surface area contributed by atoms with E-state index in [9.17, 15) is 8.42 Å². The van der Waals surface area contributed by atoms with Crippen LogP contribution in [-0.4, -0.2) is 48.2 Å². The molecule has 0 aliphatic rings. The van der Waals surface area contributed by atoms with Gasteiger partial charge in [-0.25, -0.2) is 8.42 Å². The van der Waals surface area contributed by atoms with Crippen molar-refractivity contribution in [1.82, 2.24) is 0 Å². The number of sulfone groups is 1.